The van der Waals surface area contributed by atoms with Gasteiger partial charge in [0, 0.05) is 0 Å². The molecular formula is C20H24O3S2. The standard InChI is InChI=1S/C20H24O3S2/c1-13(2)19(22)17(21)16(18(19)23-14(3)4)20(24-11-8-12-25-20)15-9-6-5-7-10-15/h5-7,9-10,14,22H,1,8,11-12H2,2-4H3. The second kappa shape index (κ2) is 6.86. The fourth-order valence-electron chi connectivity index (χ4n) is 3.22. The summed E-state index contributed by atoms with van der Waals surface area (Å²) in [6, 6.07) is 10.1. The Bertz CT molecular complexity index is 718. The molecule has 134 valence electrons. The first kappa shape index (κ1) is 18.6. The third-order valence-electron chi connectivity index (χ3n) is 4.46. The molecule has 1 aliphatic heterocycles. The molecule has 0 aromatic heterocycles. The van der Waals surface area contributed by atoms with Gasteiger partial charge in [-0.15, -0.1) is 23.5 Å². The largest absolute Gasteiger partial charge is 0.491 e. The molecule has 0 spiro atoms. The minimum absolute atomic E-state index is 0.129. The highest BCUT2D eigenvalue weighted by molar-refractivity contribution is 8.18. The topological polar surface area (TPSA) is 46.5 Å². The van der Waals surface area contributed by atoms with Crippen LogP contribution in [0.5, 0.6) is 0 Å². The zero-order valence-electron chi connectivity index (χ0n) is 14.9. The van der Waals surface area contributed by atoms with E-state index >= 15 is 0 Å². The molecule has 2 aliphatic rings. The van der Waals surface area contributed by atoms with Crippen LogP contribution in [0.3, 0.4) is 0 Å². The van der Waals surface area contributed by atoms with Crippen molar-refractivity contribution in [3.63, 3.8) is 0 Å². The van der Waals surface area contributed by atoms with Crippen LogP contribution >= 0.6 is 23.5 Å². The smallest absolute Gasteiger partial charge is 0.208 e. The van der Waals surface area contributed by atoms with E-state index in [1.165, 1.54) is 0 Å². The van der Waals surface area contributed by atoms with Gasteiger partial charge >= 0.3 is 0 Å². The van der Waals surface area contributed by atoms with Gasteiger partial charge in [0.05, 0.1) is 11.7 Å². The molecule has 1 atom stereocenters. The summed E-state index contributed by atoms with van der Waals surface area (Å²) in [6.07, 6.45) is 0.978. The van der Waals surface area contributed by atoms with E-state index in [0.717, 1.165) is 23.5 Å². The molecule has 1 N–H and O–H groups in total. The second-order valence-electron chi connectivity index (χ2n) is 6.72. The number of aliphatic hydroxyl groups is 1. The number of carbonyl (C=O) groups excluding carboxylic acids is 1. The Morgan fingerprint density at radius 2 is 1.84 bits per heavy atom. The Hall–Kier alpha value is -1.17. The van der Waals surface area contributed by atoms with Crippen LogP contribution in [0.15, 0.2) is 53.8 Å². The lowest BCUT2D eigenvalue weighted by Crippen LogP contribution is -2.57. The number of thioether (sulfide) groups is 2. The zero-order valence-corrected chi connectivity index (χ0v) is 16.5. The van der Waals surface area contributed by atoms with Gasteiger partial charge in [0.25, 0.3) is 0 Å². The lowest BCUT2D eigenvalue weighted by atomic mass is 9.71. The van der Waals surface area contributed by atoms with Crippen molar-refractivity contribution in [2.45, 2.75) is 43.0 Å². The van der Waals surface area contributed by atoms with Gasteiger partial charge in [-0.25, -0.2) is 0 Å². The third-order valence-corrected chi connectivity index (χ3v) is 7.85. The summed E-state index contributed by atoms with van der Waals surface area (Å²) in [5, 5.41) is 11.0. The minimum Gasteiger partial charge on any atom is -0.491 e. The highest BCUT2D eigenvalue weighted by Crippen LogP contribution is 2.61. The fraction of sp³-hybridized carbons (Fsp3) is 0.450. The first-order chi connectivity index (χ1) is 11.8. The fourth-order valence-corrected chi connectivity index (χ4v) is 6.65. The Labute approximate surface area is 157 Å². The molecular weight excluding hydrogens is 352 g/mol. The quantitative estimate of drug-likeness (QED) is 0.777. The monoisotopic (exact) mass is 376 g/mol. The van der Waals surface area contributed by atoms with Crippen molar-refractivity contribution in [1.82, 2.24) is 0 Å². The first-order valence-corrected chi connectivity index (χ1v) is 10.5. The van der Waals surface area contributed by atoms with Gasteiger partial charge < -0.3 is 9.84 Å². The molecule has 1 saturated heterocycles. The average Bonchev–Trinajstić information content (AvgIpc) is 2.61. The van der Waals surface area contributed by atoms with E-state index in [4.69, 9.17) is 4.74 Å². The van der Waals surface area contributed by atoms with E-state index in [9.17, 15) is 9.90 Å². The van der Waals surface area contributed by atoms with Gasteiger partial charge in [0.1, 0.15) is 9.84 Å². The van der Waals surface area contributed by atoms with Crippen molar-refractivity contribution in [2.75, 3.05) is 11.5 Å². The zero-order chi connectivity index (χ0) is 18.2. The van der Waals surface area contributed by atoms with E-state index < -0.39 is 9.68 Å². The Balaban J connectivity index is 2.20. The average molecular weight is 377 g/mol. The van der Waals surface area contributed by atoms with Gasteiger partial charge in [0.15, 0.2) is 0 Å². The number of carbonyl (C=O) groups is 1. The van der Waals surface area contributed by atoms with Crippen LogP contribution < -0.4 is 0 Å². The van der Waals surface area contributed by atoms with Crippen molar-refractivity contribution >= 4 is 29.3 Å². The molecule has 0 bridgehead atoms. The number of hydrogen-bond acceptors (Lipinski definition) is 5. The SMILES string of the molecule is C=C(C)C1(O)C(=O)C(C2(c3ccccc3)SCCCS2)=C1OC(C)C. The van der Waals surface area contributed by atoms with Gasteiger partial charge in [-0.3, -0.25) is 4.79 Å². The Morgan fingerprint density at radius 1 is 1.24 bits per heavy atom. The predicted molar refractivity (Wildman–Crippen MR) is 106 cm³/mol. The van der Waals surface area contributed by atoms with Crippen LogP contribution in [0.2, 0.25) is 0 Å². The molecule has 0 radical (unpaired) electrons. The van der Waals surface area contributed by atoms with Crippen LogP contribution in [0, 0.1) is 0 Å². The van der Waals surface area contributed by atoms with Crippen LogP contribution in [-0.2, 0) is 13.6 Å². The first-order valence-electron chi connectivity index (χ1n) is 8.52. The van der Waals surface area contributed by atoms with Gasteiger partial charge in [-0.1, -0.05) is 36.9 Å². The molecule has 1 fully saturated rings. The normalized spacial score (nSPS) is 25.7. The van der Waals surface area contributed by atoms with E-state index in [0.29, 0.717) is 16.9 Å². The summed E-state index contributed by atoms with van der Waals surface area (Å²) in [5.41, 5.74) is 0.375. The number of hydrogen-bond donors (Lipinski definition) is 1. The minimum atomic E-state index is -1.69. The van der Waals surface area contributed by atoms with Crippen molar-refractivity contribution < 1.29 is 14.6 Å². The molecule has 1 aliphatic carbocycles. The number of ketones is 1. The maximum atomic E-state index is 13.1. The van der Waals surface area contributed by atoms with Gasteiger partial charge in [-0.05, 0) is 49.8 Å². The summed E-state index contributed by atoms with van der Waals surface area (Å²) in [7, 11) is 0. The lowest BCUT2D eigenvalue weighted by Gasteiger charge is -2.48. The molecule has 5 heteroatoms. The van der Waals surface area contributed by atoms with Crippen molar-refractivity contribution in [3.8, 4) is 0 Å². The summed E-state index contributed by atoms with van der Waals surface area (Å²) in [5.74, 6) is 2.05. The molecule has 1 unspecified atom stereocenters. The predicted octanol–water partition coefficient (Wildman–Crippen LogP) is 4.28. The highest BCUT2D eigenvalue weighted by atomic mass is 32.2. The lowest BCUT2D eigenvalue weighted by molar-refractivity contribution is -0.137. The van der Waals surface area contributed by atoms with E-state index in [2.05, 4.69) is 18.7 Å². The van der Waals surface area contributed by atoms with E-state index in [1.54, 1.807) is 30.4 Å². The summed E-state index contributed by atoms with van der Waals surface area (Å²) in [4.78, 5) is 13.1. The summed E-state index contributed by atoms with van der Waals surface area (Å²) >= 11 is 3.52. The van der Waals surface area contributed by atoms with Gasteiger partial charge in [-0.2, -0.15) is 0 Å². The summed E-state index contributed by atoms with van der Waals surface area (Å²) < 4.78 is 5.44. The molecule has 25 heavy (non-hydrogen) atoms. The number of ether oxygens (including phenoxy) is 1. The Morgan fingerprint density at radius 3 is 2.36 bits per heavy atom. The van der Waals surface area contributed by atoms with Crippen molar-refractivity contribution in [1.29, 1.82) is 0 Å². The highest BCUT2D eigenvalue weighted by Gasteiger charge is 2.62. The van der Waals surface area contributed by atoms with Crippen molar-refractivity contribution in [2.24, 2.45) is 0 Å². The maximum Gasteiger partial charge on any atom is 0.208 e. The van der Waals surface area contributed by atoms with Crippen LogP contribution in [0.1, 0.15) is 32.8 Å². The molecule has 1 aromatic carbocycles. The Kier molecular flexibility index (Phi) is 5.11. The number of rotatable bonds is 5. The number of Topliss-reactive ketones (excluding diaryl/α,β-unsaturated/α-hetero) is 1. The van der Waals surface area contributed by atoms with Crippen LogP contribution in [0.25, 0.3) is 0 Å². The maximum absolute atomic E-state index is 13.1. The third kappa shape index (κ3) is 2.86. The van der Waals surface area contributed by atoms with E-state index in [1.807, 2.05) is 32.0 Å². The van der Waals surface area contributed by atoms with Crippen LogP contribution in [-0.4, -0.2) is 34.1 Å². The molecule has 1 aromatic rings. The van der Waals surface area contributed by atoms with E-state index in [-0.39, 0.29) is 11.9 Å². The molecule has 0 amide bonds. The molecule has 0 saturated carbocycles. The summed E-state index contributed by atoms with van der Waals surface area (Å²) in [6.45, 7) is 9.32. The number of benzene rings is 1. The van der Waals surface area contributed by atoms with Crippen molar-refractivity contribution in [3.05, 3.63) is 59.4 Å². The molecule has 1 heterocycles. The second-order valence-corrected chi connectivity index (χ2v) is 9.60. The molecule has 3 nitrogen and oxygen atoms in total. The molecule has 3 rings (SSSR count). The van der Waals surface area contributed by atoms with Crippen LogP contribution in [0.4, 0.5) is 0 Å². The van der Waals surface area contributed by atoms with Gasteiger partial charge in [0.2, 0.25) is 11.4 Å².